The number of nitrogens with zero attached hydrogens (tertiary/aromatic N) is 2. The van der Waals surface area contributed by atoms with Gasteiger partial charge in [0, 0.05) is 13.0 Å². The van der Waals surface area contributed by atoms with Gasteiger partial charge in [-0.25, -0.2) is 4.98 Å². The van der Waals surface area contributed by atoms with Crippen LogP contribution in [0.25, 0.3) is 10.2 Å². The van der Waals surface area contributed by atoms with Crippen molar-refractivity contribution < 1.29 is 14.3 Å². The van der Waals surface area contributed by atoms with E-state index in [2.05, 4.69) is 6.07 Å². The first-order valence-electron chi connectivity index (χ1n) is 9.31. The quantitative estimate of drug-likeness (QED) is 0.676. The Morgan fingerprint density at radius 1 is 1.19 bits per heavy atom. The Hall–Kier alpha value is -2.60. The van der Waals surface area contributed by atoms with E-state index in [4.69, 9.17) is 14.5 Å². The number of hydrogen-bond donors (Lipinski definition) is 0. The van der Waals surface area contributed by atoms with E-state index in [1.165, 1.54) is 4.70 Å². The lowest BCUT2D eigenvalue weighted by Crippen LogP contribution is -2.30. The van der Waals surface area contributed by atoms with Gasteiger partial charge in [0.2, 0.25) is 12.7 Å². The molecule has 1 unspecified atom stereocenters. The molecule has 1 saturated heterocycles. The van der Waals surface area contributed by atoms with Crippen molar-refractivity contribution in [1.82, 2.24) is 9.88 Å². The molecule has 0 saturated carbocycles. The molecule has 3 heterocycles. The average Bonchev–Trinajstić information content (AvgIpc) is 3.43. The third-order valence-electron chi connectivity index (χ3n) is 5.23. The molecule has 1 fully saturated rings. The van der Waals surface area contributed by atoms with Crippen LogP contribution in [0.1, 0.15) is 35.9 Å². The van der Waals surface area contributed by atoms with Crippen LogP contribution in [0.4, 0.5) is 0 Å². The van der Waals surface area contributed by atoms with E-state index in [-0.39, 0.29) is 18.7 Å². The zero-order valence-electron chi connectivity index (χ0n) is 14.9. The minimum atomic E-state index is 0.117. The van der Waals surface area contributed by atoms with Crippen LogP contribution in [0.3, 0.4) is 0 Å². The fraction of sp³-hybridized carbons (Fsp3) is 0.333. The van der Waals surface area contributed by atoms with Gasteiger partial charge in [-0.15, -0.1) is 11.3 Å². The van der Waals surface area contributed by atoms with Gasteiger partial charge in [-0.2, -0.15) is 0 Å². The number of carbonyl (C=O) groups excluding carboxylic acids is 1. The van der Waals surface area contributed by atoms with Crippen molar-refractivity contribution in [3.8, 4) is 11.5 Å². The lowest BCUT2D eigenvalue weighted by atomic mass is 10.1. The Bertz CT molecular complexity index is 967. The summed E-state index contributed by atoms with van der Waals surface area (Å²) in [7, 11) is 0. The molecular weight excluding hydrogens is 360 g/mol. The smallest absolute Gasteiger partial charge is 0.231 e. The lowest BCUT2D eigenvalue weighted by Gasteiger charge is -2.23. The molecule has 6 heteroatoms. The van der Waals surface area contributed by atoms with Crippen molar-refractivity contribution in [2.24, 2.45) is 0 Å². The fourth-order valence-electron chi connectivity index (χ4n) is 3.85. The zero-order valence-corrected chi connectivity index (χ0v) is 15.7. The summed E-state index contributed by atoms with van der Waals surface area (Å²) < 4.78 is 12.0. The summed E-state index contributed by atoms with van der Waals surface area (Å²) >= 11 is 1.71. The van der Waals surface area contributed by atoms with E-state index < -0.39 is 0 Å². The summed E-state index contributed by atoms with van der Waals surface area (Å²) in [4.78, 5) is 19.7. The minimum Gasteiger partial charge on any atom is -0.454 e. The number of fused-ring (bicyclic) bond motifs is 2. The molecular formula is C21H20N2O3S. The van der Waals surface area contributed by atoms with Crippen LogP contribution in [-0.2, 0) is 11.2 Å². The van der Waals surface area contributed by atoms with Gasteiger partial charge in [-0.05, 0) is 49.1 Å². The number of ether oxygens (including phenoxy) is 2. The SMILES string of the molecule is O=C(CCc1ccc2c(c1)OCO2)N1CCCC1c1nc2ccccc2s1. The van der Waals surface area contributed by atoms with Gasteiger partial charge in [0.15, 0.2) is 11.5 Å². The van der Waals surface area contributed by atoms with Gasteiger partial charge in [0.05, 0.1) is 16.3 Å². The van der Waals surface area contributed by atoms with Crippen LogP contribution in [0, 0.1) is 0 Å². The maximum absolute atomic E-state index is 12.9. The largest absolute Gasteiger partial charge is 0.454 e. The molecule has 0 radical (unpaired) electrons. The number of aromatic nitrogens is 1. The van der Waals surface area contributed by atoms with Crippen LogP contribution in [0.15, 0.2) is 42.5 Å². The Kier molecular flexibility index (Phi) is 4.20. The molecule has 1 atom stereocenters. The molecule has 0 aliphatic carbocycles. The molecule has 1 aromatic heterocycles. The molecule has 2 aromatic carbocycles. The van der Waals surface area contributed by atoms with E-state index in [0.29, 0.717) is 12.8 Å². The first kappa shape index (κ1) is 16.6. The molecule has 3 aromatic rings. The number of para-hydroxylation sites is 1. The van der Waals surface area contributed by atoms with Crippen molar-refractivity contribution in [3.63, 3.8) is 0 Å². The molecule has 5 rings (SSSR count). The van der Waals surface area contributed by atoms with Crippen LogP contribution in [0.5, 0.6) is 11.5 Å². The van der Waals surface area contributed by atoms with Crippen molar-refractivity contribution in [1.29, 1.82) is 0 Å². The number of carbonyl (C=O) groups is 1. The summed E-state index contributed by atoms with van der Waals surface area (Å²) in [5.41, 5.74) is 2.13. The van der Waals surface area contributed by atoms with Gasteiger partial charge in [0.25, 0.3) is 0 Å². The lowest BCUT2D eigenvalue weighted by molar-refractivity contribution is -0.132. The third-order valence-corrected chi connectivity index (χ3v) is 6.37. The summed E-state index contributed by atoms with van der Waals surface area (Å²) in [5, 5.41) is 1.06. The summed E-state index contributed by atoms with van der Waals surface area (Å²) in [6.07, 6.45) is 3.24. The third kappa shape index (κ3) is 3.14. The highest BCUT2D eigenvalue weighted by Gasteiger charge is 2.31. The van der Waals surface area contributed by atoms with Gasteiger partial charge >= 0.3 is 0 Å². The number of thiazole rings is 1. The fourth-order valence-corrected chi connectivity index (χ4v) is 4.96. The van der Waals surface area contributed by atoms with Crippen molar-refractivity contribution in [3.05, 3.63) is 53.0 Å². The molecule has 5 nitrogen and oxygen atoms in total. The Balaban J connectivity index is 1.29. The van der Waals surface area contributed by atoms with E-state index in [1.807, 2.05) is 41.3 Å². The molecule has 138 valence electrons. The van der Waals surface area contributed by atoms with Crippen LogP contribution in [-0.4, -0.2) is 29.1 Å². The first-order chi connectivity index (χ1) is 13.3. The van der Waals surface area contributed by atoms with Crippen molar-refractivity contribution >= 4 is 27.5 Å². The average molecular weight is 380 g/mol. The minimum absolute atomic E-state index is 0.117. The zero-order chi connectivity index (χ0) is 18.2. The monoisotopic (exact) mass is 380 g/mol. The number of aryl methyl sites for hydroxylation is 1. The van der Waals surface area contributed by atoms with Gasteiger partial charge in [-0.3, -0.25) is 4.79 Å². The summed E-state index contributed by atoms with van der Waals surface area (Å²) in [5.74, 6) is 1.75. The van der Waals surface area contributed by atoms with Crippen LogP contribution < -0.4 is 9.47 Å². The number of hydrogen-bond acceptors (Lipinski definition) is 5. The number of rotatable bonds is 4. The topological polar surface area (TPSA) is 51.7 Å². The normalized spacial score (nSPS) is 18.4. The Labute approximate surface area is 161 Å². The maximum Gasteiger partial charge on any atom is 0.231 e. The molecule has 2 aliphatic heterocycles. The Morgan fingerprint density at radius 2 is 2.07 bits per heavy atom. The van der Waals surface area contributed by atoms with Gasteiger partial charge in [0.1, 0.15) is 5.01 Å². The molecule has 0 bridgehead atoms. The molecule has 0 spiro atoms. The van der Waals surface area contributed by atoms with Gasteiger partial charge in [-0.1, -0.05) is 18.2 Å². The van der Waals surface area contributed by atoms with Crippen LogP contribution >= 0.6 is 11.3 Å². The highest BCUT2D eigenvalue weighted by atomic mass is 32.1. The second-order valence-electron chi connectivity index (χ2n) is 6.95. The van der Waals surface area contributed by atoms with Crippen LogP contribution in [0.2, 0.25) is 0 Å². The maximum atomic E-state index is 12.9. The van der Waals surface area contributed by atoms with E-state index in [1.54, 1.807) is 11.3 Å². The molecule has 0 N–H and O–H groups in total. The summed E-state index contributed by atoms with van der Waals surface area (Å²) in [6, 6.07) is 14.2. The first-order valence-corrected chi connectivity index (χ1v) is 10.1. The van der Waals surface area contributed by atoms with Gasteiger partial charge < -0.3 is 14.4 Å². The van der Waals surface area contributed by atoms with Crippen molar-refractivity contribution in [2.75, 3.05) is 13.3 Å². The molecule has 27 heavy (non-hydrogen) atoms. The predicted octanol–water partition coefficient (Wildman–Crippen LogP) is 4.32. The number of amides is 1. The highest BCUT2D eigenvalue weighted by molar-refractivity contribution is 7.18. The summed E-state index contributed by atoms with van der Waals surface area (Å²) in [6.45, 7) is 1.09. The highest BCUT2D eigenvalue weighted by Crippen LogP contribution is 2.37. The molecule has 2 aliphatic rings. The van der Waals surface area contributed by atoms with Crippen molar-refractivity contribution in [2.45, 2.75) is 31.7 Å². The second-order valence-corrected chi connectivity index (χ2v) is 8.01. The predicted molar refractivity (Wildman–Crippen MR) is 104 cm³/mol. The number of benzene rings is 2. The standard InChI is InChI=1S/C21H20N2O3S/c24-20(10-8-14-7-9-17-18(12-14)26-13-25-17)23-11-3-5-16(23)21-22-15-4-1-2-6-19(15)27-21/h1-2,4,6-7,9,12,16H,3,5,8,10-11,13H2. The van der Waals surface area contributed by atoms with E-state index >= 15 is 0 Å². The van der Waals surface area contributed by atoms with E-state index in [0.717, 1.165) is 47.0 Å². The molecule has 1 amide bonds. The second kappa shape index (κ2) is 6.85. The van der Waals surface area contributed by atoms with E-state index in [9.17, 15) is 4.79 Å². The Morgan fingerprint density at radius 3 is 3.00 bits per heavy atom. The number of likely N-dealkylation sites (tertiary alicyclic amines) is 1.